The molecule has 1 rings (SSSR count). The first-order chi connectivity index (χ1) is 7.47. The average molecular weight is 250 g/mol. The summed E-state index contributed by atoms with van der Waals surface area (Å²) in [4.78, 5) is 0. The van der Waals surface area contributed by atoms with Crippen LogP contribution in [0.1, 0.15) is 46.5 Å². The van der Waals surface area contributed by atoms with Crippen molar-refractivity contribution in [2.75, 3.05) is 13.2 Å². The zero-order valence-electron chi connectivity index (χ0n) is 10.4. The van der Waals surface area contributed by atoms with Crippen molar-refractivity contribution in [3.63, 3.8) is 0 Å². The lowest BCUT2D eigenvalue weighted by atomic mass is 9.88. The number of aliphatic hydroxyl groups is 1. The largest absolute Gasteiger partial charge is 0.377 e. The molecular weight excluding hydrogens is 227 g/mol. The van der Waals surface area contributed by atoms with Gasteiger partial charge in [0.05, 0.1) is 13.2 Å². The van der Waals surface area contributed by atoms with Crippen LogP contribution >= 0.6 is 7.60 Å². The van der Waals surface area contributed by atoms with E-state index in [9.17, 15) is 9.67 Å². The molecule has 5 heteroatoms. The van der Waals surface area contributed by atoms with Crippen LogP contribution in [-0.4, -0.2) is 23.7 Å². The molecule has 0 aliphatic heterocycles. The van der Waals surface area contributed by atoms with Gasteiger partial charge in [-0.15, -0.1) is 0 Å². The minimum absolute atomic E-state index is 0.301. The van der Waals surface area contributed by atoms with Crippen LogP contribution in [0.2, 0.25) is 0 Å². The van der Waals surface area contributed by atoms with E-state index in [1.165, 1.54) is 0 Å². The summed E-state index contributed by atoms with van der Waals surface area (Å²) in [5.41, 5.74) is 0. The lowest BCUT2D eigenvalue weighted by Gasteiger charge is -2.38. The van der Waals surface area contributed by atoms with Gasteiger partial charge in [-0.25, -0.2) is 0 Å². The summed E-state index contributed by atoms with van der Waals surface area (Å²) in [5.74, 6) is 0.581. The van der Waals surface area contributed by atoms with Crippen molar-refractivity contribution >= 4 is 7.60 Å². The molecule has 0 atom stereocenters. The van der Waals surface area contributed by atoms with E-state index in [1.54, 1.807) is 13.8 Å². The van der Waals surface area contributed by atoms with Crippen molar-refractivity contribution in [1.29, 1.82) is 0 Å². The van der Waals surface area contributed by atoms with E-state index in [4.69, 9.17) is 9.05 Å². The first-order valence-corrected chi connectivity index (χ1v) is 7.63. The summed E-state index contributed by atoms with van der Waals surface area (Å²) in [6.07, 6.45) is 2.76. The second-order valence-corrected chi connectivity index (χ2v) is 6.84. The SMILES string of the molecule is CCOP(=O)(OCC)C1(O)CCC(C)CC1. The molecule has 4 nitrogen and oxygen atoms in total. The van der Waals surface area contributed by atoms with Gasteiger partial charge in [-0.05, 0) is 45.4 Å². The van der Waals surface area contributed by atoms with Gasteiger partial charge in [-0.3, -0.25) is 4.57 Å². The molecule has 0 aromatic rings. The topological polar surface area (TPSA) is 55.8 Å². The highest BCUT2D eigenvalue weighted by atomic mass is 31.2. The third kappa shape index (κ3) is 2.86. The van der Waals surface area contributed by atoms with Crippen LogP contribution in [0.25, 0.3) is 0 Å². The molecule has 0 saturated heterocycles. The van der Waals surface area contributed by atoms with Crippen molar-refractivity contribution in [3.8, 4) is 0 Å². The molecule has 1 saturated carbocycles. The number of rotatable bonds is 5. The maximum absolute atomic E-state index is 12.5. The van der Waals surface area contributed by atoms with Crippen molar-refractivity contribution in [2.45, 2.75) is 51.8 Å². The lowest BCUT2D eigenvalue weighted by Crippen LogP contribution is -2.35. The molecule has 0 radical (unpaired) electrons. The van der Waals surface area contributed by atoms with Gasteiger partial charge in [0.2, 0.25) is 0 Å². The molecule has 0 aromatic carbocycles. The fourth-order valence-electron chi connectivity index (χ4n) is 2.12. The van der Waals surface area contributed by atoms with E-state index in [1.807, 2.05) is 0 Å². The molecule has 0 heterocycles. The minimum atomic E-state index is -3.38. The van der Waals surface area contributed by atoms with Crippen LogP contribution in [0, 0.1) is 5.92 Å². The van der Waals surface area contributed by atoms with Crippen molar-refractivity contribution in [3.05, 3.63) is 0 Å². The maximum Gasteiger partial charge on any atom is 0.361 e. The number of hydrogen-bond acceptors (Lipinski definition) is 4. The van der Waals surface area contributed by atoms with Gasteiger partial charge in [0.25, 0.3) is 0 Å². The Balaban J connectivity index is 2.80. The fraction of sp³-hybridized carbons (Fsp3) is 1.00. The van der Waals surface area contributed by atoms with E-state index < -0.39 is 12.9 Å². The average Bonchev–Trinajstić information content (AvgIpc) is 2.23. The quantitative estimate of drug-likeness (QED) is 0.761. The standard InChI is InChI=1S/C11H23O4P/c1-4-14-16(13,15-5-2)11(12)8-6-10(3)7-9-11/h10,12H,4-9H2,1-3H3. The summed E-state index contributed by atoms with van der Waals surface area (Å²) in [6.45, 7) is 6.27. The molecule has 0 amide bonds. The smallest absolute Gasteiger partial charge is 0.361 e. The van der Waals surface area contributed by atoms with Crippen LogP contribution in [-0.2, 0) is 13.6 Å². The predicted octanol–water partition coefficient (Wildman–Crippen LogP) is 3.15. The Hall–Kier alpha value is 0.110. The summed E-state index contributed by atoms with van der Waals surface area (Å²) < 4.78 is 23.0. The zero-order valence-corrected chi connectivity index (χ0v) is 11.3. The molecule has 16 heavy (non-hydrogen) atoms. The van der Waals surface area contributed by atoms with Gasteiger partial charge in [0.15, 0.2) is 5.34 Å². The van der Waals surface area contributed by atoms with E-state index >= 15 is 0 Å². The van der Waals surface area contributed by atoms with Gasteiger partial charge < -0.3 is 14.2 Å². The molecule has 0 unspecified atom stereocenters. The molecule has 1 aliphatic rings. The van der Waals surface area contributed by atoms with Crippen LogP contribution < -0.4 is 0 Å². The molecule has 1 fully saturated rings. The van der Waals surface area contributed by atoms with Gasteiger partial charge in [-0.2, -0.15) is 0 Å². The predicted molar refractivity (Wildman–Crippen MR) is 63.4 cm³/mol. The molecule has 0 aromatic heterocycles. The molecule has 0 spiro atoms. The van der Waals surface area contributed by atoms with Gasteiger partial charge in [0.1, 0.15) is 0 Å². The van der Waals surface area contributed by atoms with Crippen LogP contribution in [0.3, 0.4) is 0 Å². The third-order valence-electron chi connectivity index (χ3n) is 3.18. The van der Waals surface area contributed by atoms with Crippen LogP contribution in [0.15, 0.2) is 0 Å². The van der Waals surface area contributed by atoms with Gasteiger partial charge in [-0.1, -0.05) is 6.92 Å². The fourth-order valence-corrected chi connectivity index (χ4v) is 4.16. The first kappa shape index (κ1) is 14.2. The zero-order chi connectivity index (χ0) is 12.2. The van der Waals surface area contributed by atoms with Gasteiger partial charge in [0, 0.05) is 0 Å². The van der Waals surface area contributed by atoms with Crippen molar-refractivity contribution in [2.24, 2.45) is 5.92 Å². The van der Waals surface area contributed by atoms with E-state index in [-0.39, 0.29) is 0 Å². The Morgan fingerprint density at radius 2 is 1.69 bits per heavy atom. The Labute approximate surface area is 97.9 Å². The molecule has 1 N–H and O–H groups in total. The molecular formula is C11H23O4P. The van der Waals surface area contributed by atoms with Crippen LogP contribution in [0.4, 0.5) is 0 Å². The normalized spacial score (nSPS) is 31.6. The monoisotopic (exact) mass is 250 g/mol. The highest BCUT2D eigenvalue weighted by Crippen LogP contribution is 2.63. The molecule has 0 bridgehead atoms. The van der Waals surface area contributed by atoms with Crippen molar-refractivity contribution < 1.29 is 18.7 Å². The molecule has 1 aliphatic carbocycles. The Kier molecular flexibility index (Phi) is 4.99. The Morgan fingerprint density at radius 3 is 2.06 bits per heavy atom. The van der Waals surface area contributed by atoms with Crippen LogP contribution in [0.5, 0.6) is 0 Å². The lowest BCUT2D eigenvalue weighted by molar-refractivity contribution is 0.0274. The summed E-state index contributed by atoms with van der Waals surface area (Å²) in [7, 11) is -3.38. The van der Waals surface area contributed by atoms with Crippen molar-refractivity contribution in [1.82, 2.24) is 0 Å². The highest BCUT2D eigenvalue weighted by Gasteiger charge is 2.50. The summed E-state index contributed by atoms with van der Waals surface area (Å²) >= 11 is 0. The Morgan fingerprint density at radius 1 is 1.25 bits per heavy atom. The summed E-state index contributed by atoms with van der Waals surface area (Å²) in [5, 5.41) is 9.18. The van der Waals surface area contributed by atoms with E-state index in [2.05, 4.69) is 6.92 Å². The molecule has 96 valence electrons. The van der Waals surface area contributed by atoms with E-state index in [0.717, 1.165) is 12.8 Å². The highest BCUT2D eigenvalue weighted by molar-refractivity contribution is 7.55. The maximum atomic E-state index is 12.5. The Bertz CT molecular complexity index is 249. The third-order valence-corrected chi connectivity index (χ3v) is 5.85. The first-order valence-electron chi connectivity index (χ1n) is 6.09. The summed E-state index contributed by atoms with van der Waals surface area (Å²) in [6, 6.07) is 0. The minimum Gasteiger partial charge on any atom is -0.377 e. The van der Waals surface area contributed by atoms with E-state index in [0.29, 0.717) is 32.0 Å². The second kappa shape index (κ2) is 5.63. The second-order valence-electron chi connectivity index (χ2n) is 4.50. The van der Waals surface area contributed by atoms with Gasteiger partial charge >= 0.3 is 7.60 Å². The number of hydrogen-bond donors (Lipinski definition) is 1.